The topological polar surface area (TPSA) is 101 Å². The largest absolute Gasteiger partial charge is 0.469 e. The van der Waals surface area contributed by atoms with Crippen molar-refractivity contribution in [2.24, 2.45) is 10.9 Å². The number of benzene rings is 1. The molecule has 1 aromatic carbocycles. The summed E-state index contributed by atoms with van der Waals surface area (Å²) in [5.41, 5.74) is 7.49. The fourth-order valence-electron chi connectivity index (χ4n) is 1.70. The Labute approximate surface area is 115 Å². The van der Waals surface area contributed by atoms with Crippen molar-refractivity contribution in [3.63, 3.8) is 0 Å². The van der Waals surface area contributed by atoms with Crippen LogP contribution in [0.3, 0.4) is 0 Å². The van der Waals surface area contributed by atoms with Gasteiger partial charge in [0.1, 0.15) is 12.0 Å². The predicted octanol–water partition coefficient (Wildman–Crippen LogP) is 1.61. The molecule has 1 heterocycles. The van der Waals surface area contributed by atoms with Crippen molar-refractivity contribution in [2.75, 3.05) is 0 Å². The Morgan fingerprint density at radius 1 is 1.35 bits per heavy atom. The van der Waals surface area contributed by atoms with Crippen LogP contribution in [-0.4, -0.2) is 17.0 Å². The lowest BCUT2D eigenvalue weighted by Gasteiger charge is -2.05. The fraction of sp³-hybridized carbons (Fsp3) is 0.143. The Bertz CT molecular complexity index is 629. The van der Waals surface area contributed by atoms with Gasteiger partial charge in [-0.05, 0) is 18.6 Å². The second kappa shape index (κ2) is 5.92. The van der Waals surface area contributed by atoms with Gasteiger partial charge in [0.15, 0.2) is 5.84 Å². The minimum atomic E-state index is -0.192. The minimum Gasteiger partial charge on any atom is -0.469 e. The molecule has 0 fully saturated rings. The molecule has 0 unspecified atom stereocenters. The van der Waals surface area contributed by atoms with Crippen LogP contribution in [0.2, 0.25) is 0 Å². The van der Waals surface area contributed by atoms with Crippen LogP contribution in [0.4, 0.5) is 0 Å². The lowest BCUT2D eigenvalue weighted by Crippen LogP contribution is -2.22. The SMILES string of the molecule is Cc1cc(C(=O)NCc2ccc(/C(N)=N/O)cc2)co1. The lowest BCUT2D eigenvalue weighted by molar-refractivity contribution is 0.0950. The third-order valence-electron chi connectivity index (χ3n) is 2.80. The summed E-state index contributed by atoms with van der Waals surface area (Å²) in [5, 5.41) is 14.3. The van der Waals surface area contributed by atoms with E-state index in [2.05, 4.69) is 10.5 Å². The van der Waals surface area contributed by atoms with Crippen LogP contribution in [0, 0.1) is 6.92 Å². The van der Waals surface area contributed by atoms with Crippen molar-refractivity contribution in [2.45, 2.75) is 13.5 Å². The van der Waals surface area contributed by atoms with Gasteiger partial charge in [0, 0.05) is 12.1 Å². The highest BCUT2D eigenvalue weighted by Crippen LogP contribution is 2.07. The van der Waals surface area contributed by atoms with E-state index in [9.17, 15) is 4.79 Å². The maximum absolute atomic E-state index is 11.8. The Balaban J connectivity index is 1.96. The monoisotopic (exact) mass is 273 g/mol. The Morgan fingerprint density at radius 3 is 2.60 bits per heavy atom. The van der Waals surface area contributed by atoms with E-state index in [4.69, 9.17) is 15.4 Å². The van der Waals surface area contributed by atoms with Crippen LogP contribution < -0.4 is 11.1 Å². The summed E-state index contributed by atoms with van der Waals surface area (Å²) in [4.78, 5) is 11.8. The first-order chi connectivity index (χ1) is 9.60. The zero-order chi connectivity index (χ0) is 14.5. The molecule has 0 spiro atoms. The lowest BCUT2D eigenvalue weighted by atomic mass is 10.1. The van der Waals surface area contributed by atoms with E-state index < -0.39 is 0 Å². The zero-order valence-electron chi connectivity index (χ0n) is 11.0. The van der Waals surface area contributed by atoms with Crippen molar-refractivity contribution in [3.05, 3.63) is 59.0 Å². The molecular weight excluding hydrogens is 258 g/mol. The molecule has 104 valence electrons. The van der Waals surface area contributed by atoms with Gasteiger partial charge in [0.05, 0.1) is 5.56 Å². The summed E-state index contributed by atoms with van der Waals surface area (Å²) < 4.78 is 5.08. The number of carbonyl (C=O) groups excluding carboxylic acids is 1. The van der Waals surface area contributed by atoms with Gasteiger partial charge in [-0.15, -0.1) is 0 Å². The number of amides is 1. The van der Waals surface area contributed by atoms with Gasteiger partial charge in [-0.3, -0.25) is 4.79 Å². The number of nitrogens with one attached hydrogen (secondary N) is 1. The summed E-state index contributed by atoms with van der Waals surface area (Å²) in [6.07, 6.45) is 1.42. The zero-order valence-corrected chi connectivity index (χ0v) is 11.0. The number of furan rings is 1. The molecule has 6 heteroatoms. The number of amidine groups is 1. The van der Waals surface area contributed by atoms with Gasteiger partial charge in [0.2, 0.25) is 0 Å². The Morgan fingerprint density at radius 2 is 2.05 bits per heavy atom. The second-order valence-electron chi connectivity index (χ2n) is 4.31. The van der Waals surface area contributed by atoms with Crippen molar-refractivity contribution in [3.8, 4) is 0 Å². The number of nitrogens with two attached hydrogens (primary N) is 1. The Kier molecular flexibility index (Phi) is 4.05. The van der Waals surface area contributed by atoms with E-state index >= 15 is 0 Å². The molecule has 0 aliphatic heterocycles. The number of rotatable bonds is 4. The molecule has 2 aromatic rings. The normalized spacial score (nSPS) is 11.3. The fourth-order valence-corrected chi connectivity index (χ4v) is 1.70. The molecule has 0 aliphatic carbocycles. The first-order valence-electron chi connectivity index (χ1n) is 6.00. The summed E-state index contributed by atoms with van der Waals surface area (Å²) in [6, 6.07) is 8.72. The predicted molar refractivity (Wildman–Crippen MR) is 73.6 cm³/mol. The van der Waals surface area contributed by atoms with Gasteiger partial charge >= 0.3 is 0 Å². The average Bonchev–Trinajstić information content (AvgIpc) is 2.91. The Hall–Kier alpha value is -2.76. The summed E-state index contributed by atoms with van der Waals surface area (Å²) >= 11 is 0. The molecule has 0 bridgehead atoms. The molecular formula is C14H15N3O3. The number of carbonyl (C=O) groups is 1. The van der Waals surface area contributed by atoms with E-state index in [-0.39, 0.29) is 11.7 Å². The molecule has 1 amide bonds. The van der Waals surface area contributed by atoms with Crippen LogP contribution in [0.25, 0.3) is 0 Å². The van der Waals surface area contributed by atoms with Gasteiger partial charge in [-0.2, -0.15) is 0 Å². The molecule has 0 atom stereocenters. The van der Waals surface area contributed by atoms with Gasteiger partial charge in [0.25, 0.3) is 5.91 Å². The van der Waals surface area contributed by atoms with E-state index in [0.717, 1.165) is 5.56 Å². The highest BCUT2D eigenvalue weighted by Gasteiger charge is 2.08. The molecule has 0 saturated heterocycles. The smallest absolute Gasteiger partial charge is 0.254 e. The molecule has 6 nitrogen and oxygen atoms in total. The molecule has 4 N–H and O–H groups in total. The summed E-state index contributed by atoms with van der Waals surface area (Å²) in [7, 11) is 0. The van der Waals surface area contributed by atoms with Crippen LogP contribution in [0.5, 0.6) is 0 Å². The summed E-state index contributed by atoms with van der Waals surface area (Å²) in [6.45, 7) is 2.17. The minimum absolute atomic E-state index is 0.0504. The molecule has 0 saturated carbocycles. The number of hydrogen-bond donors (Lipinski definition) is 3. The number of hydrogen-bond acceptors (Lipinski definition) is 4. The first-order valence-corrected chi connectivity index (χ1v) is 6.00. The van der Waals surface area contributed by atoms with Crippen LogP contribution in [-0.2, 0) is 6.54 Å². The van der Waals surface area contributed by atoms with Crippen LogP contribution in [0.1, 0.15) is 27.2 Å². The highest BCUT2D eigenvalue weighted by atomic mass is 16.4. The molecule has 20 heavy (non-hydrogen) atoms. The number of aryl methyl sites for hydroxylation is 1. The summed E-state index contributed by atoms with van der Waals surface area (Å²) in [5.74, 6) is 0.551. The maximum atomic E-state index is 11.8. The van der Waals surface area contributed by atoms with Crippen molar-refractivity contribution in [1.82, 2.24) is 5.32 Å². The molecule has 0 aliphatic rings. The average molecular weight is 273 g/mol. The van der Waals surface area contributed by atoms with Gasteiger partial charge in [-0.25, -0.2) is 0 Å². The van der Waals surface area contributed by atoms with Crippen molar-refractivity contribution < 1.29 is 14.4 Å². The number of nitrogens with zero attached hydrogens (tertiary/aromatic N) is 1. The standard InChI is InChI=1S/C14H15N3O3/c1-9-6-12(8-20-9)14(18)16-7-10-2-4-11(5-3-10)13(15)17-19/h2-6,8,19H,7H2,1H3,(H2,15,17)(H,16,18). The third-order valence-corrected chi connectivity index (χ3v) is 2.80. The second-order valence-corrected chi connectivity index (χ2v) is 4.31. The van der Waals surface area contributed by atoms with E-state index in [1.807, 2.05) is 0 Å². The van der Waals surface area contributed by atoms with E-state index in [0.29, 0.717) is 23.4 Å². The van der Waals surface area contributed by atoms with Gasteiger partial charge in [-0.1, -0.05) is 29.4 Å². The van der Waals surface area contributed by atoms with Crippen LogP contribution in [0.15, 0.2) is 46.2 Å². The van der Waals surface area contributed by atoms with E-state index in [1.54, 1.807) is 37.3 Å². The van der Waals surface area contributed by atoms with E-state index in [1.165, 1.54) is 6.26 Å². The van der Waals surface area contributed by atoms with Crippen molar-refractivity contribution in [1.29, 1.82) is 0 Å². The van der Waals surface area contributed by atoms with Crippen molar-refractivity contribution >= 4 is 11.7 Å². The molecule has 2 rings (SSSR count). The quantitative estimate of drug-likeness (QED) is 0.341. The highest BCUT2D eigenvalue weighted by molar-refractivity contribution is 5.97. The molecule has 0 radical (unpaired) electrons. The van der Waals surface area contributed by atoms with Crippen LogP contribution >= 0.6 is 0 Å². The number of oxime groups is 1. The third kappa shape index (κ3) is 3.17. The molecule has 1 aromatic heterocycles. The van der Waals surface area contributed by atoms with Gasteiger partial charge < -0.3 is 20.7 Å². The first kappa shape index (κ1) is 13.7. The maximum Gasteiger partial charge on any atom is 0.254 e.